The van der Waals surface area contributed by atoms with E-state index in [1.165, 1.54) is 0 Å². The lowest BCUT2D eigenvalue weighted by atomic mass is 10.1. The van der Waals surface area contributed by atoms with Gasteiger partial charge in [0.2, 0.25) is 0 Å². The van der Waals surface area contributed by atoms with Crippen LogP contribution in [0.5, 0.6) is 11.5 Å². The second-order valence-electron chi connectivity index (χ2n) is 5.84. The number of carbonyl (C=O) groups excluding carboxylic acids is 1. The second-order valence-corrected chi connectivity index (χ2v) is 5.84. The standard InChI is InChI=1S/C17H24O5/c1-5-8-19-15-7-6-13(9-18)16(12(15)2)20-10-14-11-21-17(3,4)22-14/h6-7,9,14H,5,8,10-11H2,1-4H3/t14-/m0/s1. The minimum Gasteiger partial charge on any atom is -0.493 e. The fourth-order valence-electron chi connectivity index (χ4n) is 2.37. The molecule has 1 atom stereocenters. The molecule has 1 heterocycles. The highest BCUT2D eigenvalue weighted by molar-refractivity contribution is 5.81. The van der Waals surface area contributed by atoms with Crippen molar-refractivity contribution in [1.29, 1.82) is 0 Å². The van der Waals surface area contributed by atoms with Gasteiger partial charge in [-0.25, -0.2) is 0 Å². The van der Waals surface area contributed by atoms with E-state index >= 15 is 0 Å². The maximum absolute atomic E-state index is 11.2. The molecule has 5 nitrogen and oxygen atoms in total. The molecule has 0 aliphatic carbocycles. The van der Waals surface area contributed by atoms with Crippen molar-refractivity contribution in [3.63, 3.8) is 0 Å². The van der Waals surface area contributed by atoms with Gasteiger partial charge in [0.25, 0.3) is 0 Å². The Morgan fingerprint density at radius 1 is 1.36 bits per heavy atom. The first-order chi connectivity index (χ1) is 10.5. The summed E-state index contributed by atoms with van der Waals surface area (Å²) in [6.07, 6.45) is 1.57. The fourth-order valence-corrected chi connectivity index (χ4v) is 2.37. The summed E-state index contributed by atoms with van der Waals surface area (Å²) >= 11 is 0. The fraction of sp³-hybridized carbons (Fsp3) is 0.588. The normalized spacial score (nSPS) is 19.9. The van der Waals surface area contributed by atoms with Gasteiger partial charge >= 0.3 is 0 Å². The van der Waals surface area contributed by atoms with Crippen LogP contribution in [0.2, 0.25) is 0 Å². The van der Waals surface area contributed by atoms with Gasteiger partial charge in [-0.05, 0) is 39.3 Å². The lowest BCUT2D eigenvalue weighted by molar-refractivity contribution is -0.141. The molecule has 2 rings (SSSR count). The molecular weight excluding hydrogens is 284 g/mol. The molecule has 0 amide bonds. The number of aldehydes is 1. The van der Waals surface area contributed by atoms with Crippen LogP contribution in [0.3, 0.4) is 0 Å². The zero-order chi connectivity index (χ0) is 16.2. The predicted molar refractivity (Wildman–Crippen MR) is 82.8 cm³/mol. The summed E-state index contributed by atoms with van der Waals surface area (Å²) < 4.78 is 22.7. The smallest absolute Gasteiger partial charge is 0.163 e. The molecule has 1 aliphatic heterocycles. The zero-order valence-electron chi connectivity index (χ0n) is 13.7. The number of carbonyl (C=O) groups is 1. The Balaban J connectivity index is 2.09. The molecule has 1 aromatic rings. The largest absolute Gasteiger partial charge is 0.493 e. The molecule has 5 heteroatoms. The lowest BCUT2D eigenvalue weighted by Gasteiger charge is -2.19. The average Bonchev–Trinajstić information content (AvgIpc) is 2.83. The van der Waals surface area contributed by atoms with E-state index < -0.39 is 5.79 Å². The van der Waals surface area contributed by atoms with Crippen molar-refractivity contribution in [2.45, 2.75) is 46.0 Å². The third-order valence-electron chi connectivity index (χ3n) is 3.46. The van der Waals surface area contributed by atoms with Crippen LogP contribution >= 0.6 is 0 Å². The lowest BCUT2D eigenvalue weighted by Crippen LogP contribution is -2.25. The Hall–Kier alpha value is -1.59. The zero-order valence-corrected chi connectivity index (χ0v) is 13.7. The van der Waals surface area contributed by atoms with Crippen molar-refractivity contribution in [2.75, 3.05) is 19.8 Å². The van der Waals surface area contributed by atoms with Crippen LogP contribution in [-0.2, 0) is 9.47 Å². The molecule has 22 heavy (non-hydrogen) atoms. The van der Waals surface area contributed by atoms with Gasteiger partial charge in [-0.1, -0.05) is 6.92 Å². The molecular formula is C17H24O5. The van der Waals surface area contributed by atoms with Crippen molar-refractivity contribution < 1.29 is 23.7 Å². The van der Waals surface area contributed by atoms with Gasteiger partial charge in [0.15, 0.2) is 12.1 Å². The van der Waals surface area contributed by atoms with Gasteiger partial charge in [-0.2, -0.15) is 0 Å². The third-order valence-corrected chi connectivity index (χ3v) is 3.46. The van der Waals surface area contributed by atoms with Gasteiger partial charge < -0.3 is 18.9 Å². The topological polar surface area (TPSA) is 54.0 Å². The number of hydrogen-bond acceptors (Lipinski definition) is 5. The Bertz CT molecular complexity index is 524. The van der Waals surface area contributed by atoms with E-state index in [0.29, 0.717) is 31.1 Å². The second kappa shape index (κ2) is 7.11. The number of ether oxygens (including phenoxy) is 4. The summed E-state index contributed by atoms with van der Waals surface area (Å²) in [4.78, 5) is 11.2. The molecule has 1 aromatic carbocycles. The molecule has 1 fully saturated rings. The SMILES string of the molecule is CCCOc1ccc(C=O)c(OC[C@H]2COC(C)(C)O2)c1C. The highest BCUT2D eigenvalue weighted by atomic mass is 16.7. The Morgan fingerprint density at radius 3 is 2.73 bits per heavy atom. The summed E-state index contributed by atoms with van der Waals surface area (Å²) in [5, 5.41) is 0. The molecule has 0 unspecified atom stereocenters. The monoisotopic (exact) mass is 308 g/mol. The van der Waals surface area contributed by atoms with Crippen molar-refractivity contribution in [2.24, 2.45) is 0 Å². The predicted octanol–water partition coefficient (Wildman–Crippen LogP) is 3.13. The van der Waals surface area contributed by atoms with Gasteiger partial charge in [0.05, 0.1) is 18.8 Å². The molecule has 0 aromatic heterocycles. The molecule has 1 aliphatic rings. The van der Waals surface area contributed by atoms with Crippen LogP contribution < -0.4 is 9.47 Å². The molecule has 122 valence electrons. The summed E-state index contributed by atoms with van der Waals surface area (Å²) in [5.74, 6) is 0.714. The van der Waals surface area contributed by atoms with Crippen LogP contribution in [0.25, 0.3) is 0 Å². The maximum atomic E-state index is 11.2. The van der Waals surface area contributed by atoms with E-state index in [0.717, 1.165) is 24.0 Å². The summed E-state index contributed by atoms with van der Waals surface area (Å²) in [6, 6.07) is 3.52. The van der Waals surface area contributed by atoms with E-state index in [1.807, 2.05) is 27.7 Å². The molecule has 0 bridgehead atoms. The Kier molecular flexibility index (Phi) is 5.42. The van der Waals surface area contributed by atoms with Gasteiger partial charge in [-0.15, -0.1) is 0 Å². The van der Waals surface area contributed by atoms with E-state index in [4.69, 9.17) is 18.9 Å². The first kappa shape index (κ1) is 16.8. The third kappa shape index (κ3) is 3.99. The van der Waals surface area contributed by atoms with E-state index in [2.05, 4.69) is 0 Å². The van der Waals surface area contributed by atoms with Gasteiger partial charge in [0.1, 0.15) is 24.2 Å². The molecule has 1 saturated heterocycles. The van der Waals surface area contributed by atoms with Gasteiger partial charge in [0, 0.05) is 5.56 Å². The van der Waals surface area contributed by atoms with Crippen LogP contribution in [-0.4, -0.2) is 38.0 Å². The summed E-state index contributed by atoms with van der Waals surface area (Å²) in [7, 11) is 0. The van der Waals surface area contributed by atoms with Crippen molar-refractivity contribution >= 4 is 6.29 Å². The maximum Gasteiger partial charge on any atom is 0.163 e. The average molecular weight is 308 g/mol. The number of benzene rings is 1. The quantitative estimate of drug-likeness (QED) is 0.724. The molecule has 0 N–H and O–H groups in total. The van der Waals surface area contributed by atoms with Crippen molar-refractivity contribution in [1.82, 2.24) is 0 Å². The van der Waals surface area contributed by atoms with Crippen molar-refractivity contribution in [3.8, 4) is 11.5 Å². The number of rotatable bonds is 7. The first-order valence-electron chi connectivity index (χ1n) is 7.63. The molecule has 0 spiro atoms. The highest BCUT2D eigenvalue weighted by Crippen LogP contribution is 2.32. The Labute approximate surface area is 131 Å². The summed E-state index contributed by atoms with van der Waals surface area (Å²) in [5.41, 5.74) is 1.34. The number of hydrogen-bond donors (Lipinski definition) is 0. The minimum atomic E-state index is -0.581. The van der Waals surface area contributed by atoms with Gasteiger partial charge in [-0.3, -0.25) is 4.79 Å². The van der Waals surface area contributed by atoms with E-state index in [9.17, 15) is 4.79 Å². The van der Waals surface area contributed by atoms with Crippen LogP contribution in [0, 0.1) is 6.92 Å². The van der Waals surface area contributed by atoms with Crippen molar-refractivity contribution in [3.05, 3.63) is 23.3 Å². The van der Waals surface area contributed by atoms with E-state index in [-0.39, 0.29) is 6.10 Å². The minimum absolute atomic E-state index is 0.144. The Morgan fingerprint density at radius 2 is 2.14 bits per heavy atom. The molecule has 0 saturated carbocycles. The van der Waals surface area contributed by atoms with Crippen LogP contribution in [0.15, 0.2) is 12.1 Å². The highest BCUT2D eigenvalue weighted by Gasteiger charge is 2.33. The van der Waals surface area contributed by atoms with Crippen LogP contribution in [0.1, 0.15) is 43.1 Å². The van der Waals surface area contributed by atoms with E-state index in [1.54, 1.807) is 12.1 Å². The molecule has 0 radical (unpaired) electrons. The summed E-state index contributed by atoms with van der Waals surface area (Å²) in [6.45, 7) is 9.13. The van der Waals surface area contributed by atoms with Crippen LogP contribution in [0.4, 0.5) is 0 Å². The first-order valence-corrected chi connectivity index (χ1v) is 7.63.